The van der Waals surface area contributed by atoms with Gasteiger partial charge in [0.25, 0.3) is 0 Å². The van der Waals surface area contributed by atoms with Crippen molar-refractivity contribution in [3.63, 3.8) is 0 Å². The Morgan fingerprint density at radius 1 is 1.23 bits per heavy atom. The highest BCUT2D eigenvalue weighted by molar-refractivity contribution is 8.00. The number of Topliss-reactive ketones (excluding diaryl/α,β-unsaturated/α-hetero) is 1. The first-order chi connectivity index (χ1) is 10.1. The average Bonchev–Trinajstić information content (AvgIpc) is 2.43. The van der Waals surface area contributed by atoms with E-state index in [9.17, 15) is 14.4 Å². The van der Waals surface area contributed by atoms with Crippen molar-refractivity contribution in [2.24, 2.45) is 11.1 Å². The summed E-state index contributed by atoms with van der Waals surface area (Å²) in [5.74, 6) is -1.20. The number of hydrogen-bond donors (Lipinski definition) is 1. The van der Waals surface area contributed by atoms with Gasteiger partial charge in [-0.2, -0.15) is 0 Å². The molecule has 120 valence electrons. The fourth-order valence-electron chi connectivity index (χ4n) is 1.41. The third-order valence-corrected chi connectivity index (χ3v) is 4.18. The molecule has 5 nitrogen and oxygen atoms in total. The summed E-state index contributed by atoms with van der Waals surface area (Å²) < 4.78 is 5.08. The van der Waals surface area contributed by atoms with Crippen LogP contribution in [0.5, 0.6) is 0 Å². The Bertz CT molecular complexity index is 578. The second-order valence-corrected chi connectivity index (χ2v) is 7.29. The summed E-state index contributed by atoms with van der Waals surface area (Å²) in [6, 6.07) is 6.76. The van der Waals surface area contributed by atoms with Gasteiger partial charge >= 0.3 is 5.97 Å². The Labute approximate surface area is 134 Å². The van der Waals surface area contributed by atoms with Gasteiger partial charge in [-0.05, 0) is 19.1 Å². The Kier molecular flexibility index (Phi) is 6.17. The number of esters is 1. The Morgan fingerprint density at radius 2 is 1.82 bits per heavy atom. The maximum absolute atomic E-state index is 12.1. The molecule has 0 aliphatic rings. The molecular weight excluding hydrogens is 302 g/mol. The fraction of sp³-hybridized carbons (Fsp3) is 0.438. The summed E-state index contributed by atoms with van der Waals surface area (Å²) in [5.41, 5.74) is 5.00. The summed E-state index contributed by atoms with van der Waals surface area (Å²) in [6.45, 7) is 6.69. The van der Waals surface area contributed by atoms with Crippen LogP contribution in [0.25, 0.3) is 0 Å². The number of carbonyl (C=O) groups excluding carboxylic acids is 3. The SMILES string of the molecule is CC(Sc1ccccc1C(=O)OCC(=O)C(C)(C)C)C(N)=O. The molecule has 0 fully saturated rings. The van der Waals surface area contributed by atoms with E-state index in [0.717, 1.165) is 0 Å². The van der Waals surface area contributed by atoms with E-state index in [-0.39, 0.29) is 12.4 Å². The standard InChI is InChI=1S/C16H21NO4S/c1-10(14(17)19)22-12-8-6-5-7-11(12)15(20)21-9-13(18)16(2,3)4/h5-8,10H,9H2,1-4H3,(H2,17,19). The van der Waals surface area contributed by atoms with Crippen LogP contribution in [-0.4, -0.2) is 29.5 Å². The normalized spacial score (nSPS) is 12.5. The molecule has 1 rings (SSSR count). The van der Waals surface area contributed by atoms with Crippen molar-refractivity contribution in [3.05, 3.63) is 29.8 Å². The number of carbonyl (C=O) groups is 3. The molecule has 0 saturated heterocycles. The van der Waals surface area contributed by atoms with Gasteiger partial charge in [-0.25, -0.2) is 4.79 Å². The van der Waals surface area contributed by atoms with Crippen LogP contribution in [0.15, 0.2) is 29.2 Å². The van der Waals surface area contributed by atoms with Gasteiger partial charge < -0.3 is 10.5 Å². The molecule has 6 heteroatoms. The van der Waals surface area contributed by atoms with Crippen LogP contribution >= 0.6 is 11.8 Å². The molecule has 1 atom stereocenters. The molecular formula is C16H21NO4S. The first kappa shape index (κ1) is 18.2. The number of ether oxygens (including phenoxy) is 1. The van der Waals surface area contributed by atoms with E-state index in [2.05, 4.69) is 0 Å². The number of amides is 1. The van der Waals surface area contributed by atoms with Gasteiger partial charge in [-0.15, -0.1) is 11.8 Å². The molecule has 0 aromatic heterocycles. The van der Waals surface area contributed by atoms with Crippen LogP contribution in [-0.2, 0) is 14.3 Å². The topological polar surface area (TPSA) is 86.5 Å². The Hall–Kier alpha value is -1.82. The van der Waals surface area contributed by atoms with Crippen molar-refractivity contribution in [2.75, 3.05) is 6.61 Å². The van der Waals surface area contributed by atoms with Crippen molar-refractivity contribution in [3.8, 4) is 0 Å². The highest BCUT2D eigenvalue weighted by atomic mass is 32.2. The predicted molar refractivity (Wildman–Crippen MR) is 85.7 cm³/mol. The zero-order valence-corrected chi connectivity index (χ0v) is 14.0. The lowest BCUT2D eigenvalue weighted by atomic mass is 9.91. The lowest BCUT2D eigenvalue weighted by molar-refractivity contribution is -0.129. The summed E-state index contributed by atoms with van der Waals surface area (Å²) in [5, 5.41) is -0.467. The molecule has 0 bridgehead atoms. The monoisotopic (exact) mass is 323 g/mol. The summed E-state index contributed by atoms with van der Waals surface area (Å²) in [4.78, 5) is 35.7. The van der Waals surface area contributed by atoms with Crippen LogP contribution in [0.3, 0.4) is 0 Å². The van der Waals surface area contributed by atoms with Crippen molar-refractivity contribution in [1.82, 2.24) is 0 Å². The van der Waals surface area contributed by atoms with Gasteiger partial charge in [0.2, 0.25) is 5.91 Å². The number of hydrogen-bond acceptors (Lipinski definition) is 5. The molecule has 1 aromatic carbocycles. The minimum Gasteiger partial charge on any atom is -0.454 e. The first-order valence-electron chi connectivity index (χ1n) is 6.88. The van der Waals surface area contributed by atoms with Crippen molar-refractivity contribution >= 4 is 29.4 Å². The van der Waals surface area contributed by atoms with Gasteiger partial charge in [0.1, 0.15) is 0 Å². The molecule has 2 N–H and O–H groups in total. The van der Waals surface area contributed by atoms with E-state index in [1.807, 2.05) is 0 Å². The van der Waals surface area contributed by atoms with Crippen molar-refractivity contribution in [2.45, 2.75) is 37.8 Å². The van der Waals surface area contributed by atoms with Gasteiger partial charge in [-0.1, -0.05) is 32.9 Å². The van der Waals surface area contributed by atoms with Crippen LogP contribution in [0.2, 0.25) is 0 Å². The smallest absolute Gasteiger partial charge is 0.339 e. The van der Waals surface area contributed by atoms with Crippen molar-refractivity contribution in [1.29, 1.82) is 0 Å². The molecule has 0 spiro atoms. The van der Waals surface area contributed by atoms with Gasteiger partial charge in [0.15, 0.2) is 12.4 Å². The number of nitrogens with two attached hydrogens (primary N) is 1. The highest BCUT2D eigenvalue weighted by Gasteiger charge is 2.24. The molecule has 1 amide bonds. The average molecular weight is 323 g/mol. The van der Waals surface area contributed by atoms with E-state index in [1.54, 1.807) is 52.0 Å². The van der Waals surface area contributed by atoms with Gasteiger partial charge in [0, 0.05) is 10.3 Å². The van der Waals surface area contributed by atoms with Gasteiger partial charge in [0.05, 0.1) is 10.8 Å². The number of thioether (sulfide) groups is 1. The Morgan fingerprint density at radius 3 is 2.36 bits per heavy atom. The second-order valence-electron chi connectivity index (χ2n) is 5.91. The molecule has 0 radical (unpaired) electrons. The van der Waals surface area contributed by atoms with E-state index >= 15 is 0 Å². The second kappa shape index (κ2) is 7.45. The predicted octanol–water partition coefficient (Wildman–Crippen LogP) is 2.42. The van der Waals surface area contributed by atoms with Crippen LogP contribution < -0.4 is 5.73 Å². The van der Waals surface area contributed by atoms with Gasteiger partial charge in [-0.3, -0.25) is 9.59 Å². The minimum atomic E-state index is -0.586. The van der Waals surface area contributed by atoms with E-state index in [0.29, 0.717) is 10.5 Å². The van der Waals surface area contributed by atoms with Crippen LogP contribution in [0, 0.1) is 5.41 Å². The van der Waals surface area contributed by atoms with Crippen LogP contribution in [0.4, 0.5) is 0 Å². The largest absolute Gasteiger partial charge is 0.454 e. The number of rotatable bonds is 6. The van der Waals surface area contributed by atoms with Crippen LogP contribution in [0.1, 0.15) is 38.1 Å². The highest BCUT2D eigenvalue weighted by Crippen LogP contribution is 2.27. The molecule has 0 aliphatic carbocycles. The van der Waals surface area contributed by atoms with E-state index in [1.165, 1.54) is 11.8 Å². The quantitative estimate of drug-likeness (QED) is 0.642. The number of benzene rings is 1. The fourth-order valence-corrected chi connectivity index (χ4v) is 2.34. The lowest BCUT2D eigenvalue weighted by Gasteiger charge is -2.17. The molecule has 22 heavy (non-hydrogen) atoms. The zero-order chi connectivity index (χ0) is 16.9. The minimum absolute atomic E-state index is 0.156. The molecule has 0 heterocycles. The zero-order valence-electron chi connectivity index (χ0n) is 13.2. The van der Waals surface area contributed by atoms with E-state index in [4.69, 9.17) is 10.5 Å². The maximum Gasteiger partial charge on any atom is 0.339 e. The summed E-state index contributed by atoms with van der Waals surface area (Å²) >= 11 is 1.19. The third kappa shape index (κ3) is 5.18. The molecule has 0 aliphatic heterocycles. The lowest BCUT2D eigenvalue weighted by Crippen LogP contribution is -2.26. The third-order valence-electron chi connectivity index (χ3n) is 2.98. The van der Waals surface area contributed by atoms with Crippen molar-refractivity contribution < 1.29 is 19.1 Å². The Balaban J connectivity index is 2.82. The number of primary amides is 1. The van der Waals surface area contributed by atoms with E-state index < -0.39 is 22.5 Å². The first-order valence-corrected chi connectivity index (χ1v) is 7.76. The molecule has 1 unspecified atom stereocenters. The molecule has 1 aromatic rings. The maximum atomic E-state index is 12.1. The summed E-state index contributed by atoms with van der Waals surface area (Å²) in [6.07, 6.45) is 0. The molecule has 0 saturated carbocycles. The summed E-state index contributed by atoms with van der Waals surface area (Å²) in [7, 11) is 0. The number of ketones is 1.